The molecule has 6 nitrogen and oxygen atoms in total. The Bertz CT molecular complexity index is 406. The van der Waals surface area contributed by atoms with E-state index in [1.54, 1.807) is 0 Å². The largest absolute Gasteiger partial charge is 0.373 e. The highest BCUT2D eigenvalue weighted by atomic mass is 16.1. The normalized spacial score (nSPS) is 19.4. The van der Waals surface area contributed by atoms with E-state index in [0.29, 0.717) is 13.0 Å². The summed E-state index contributed by atoms with van der Waals surface area (Å²) in [5.41, 5.74) is 0.962. The standard InChI is InChI=1S/C10H15N5O/c1-6-9(11-2)13-5-14-10(6)15-7-3-8(16)12-4-7/h5,7H,3-4H2,1-2H3,(H,12,16)(H2,11,13,14,15). The molecule has 0 bridgehead atoms. The molecule has 1 aromatic heterocycles. The van der Waals surface area contributed by atoms with Crippen LogP contribution in [0.4, 0.5) is 11.6 Å². The Hall–Kier alpha value is -1.85. The van der Waals surface area contributed by atoms with Crippen molar-refractivity contribution in [2.45, 2.75) is 19.4 Å². The molecule has 1 atom stereocenters. The zero-order chi connectivity index (χ0) is 11.5. The quantitative estimate of drug-likeness (QED) is 0.676. The summed E-state index contributed by atoms with van der Waals surface area (Å²) in [6.07, 6.45) is 2.00. The molecule has 3 N–H and O–H groups in total. The lowest BCUT2D eigenvalue weighted by Gasteiger charge is -2.14. The van der Waals surface area contributed by atoms with Crippen LogP contribution < -0.4 is 16.0 Å². The molecular formula is C10H15N5O. The average molecular weight is 221 g/mol. The number of aromatic nitrogens is 2. The van der Waals surface area contributed by atoms with Gasteiger partial charge in [-0.25, -0.2) is 9.97 Å². The third-order valence-electron chi connectivity index (χ3n) is 2.64. The van der Waals surface area contributed by atoms with E-state index in [1.165, 1.54) is 6.33 Å². The molecule has 1 aliphatic rings. The molecule has 0 radical (unpaired) electrons. The maximum Gasteiger partial charge on any atom is 0.222 e. The summed E-state index contributed by atoms with van der Waals surface area (Å²) in [5.74, 6) is 1.66. The topological polar surface area (TPSA) is 78.9 Å². The van der Waals surface area contributed by atoms with Gasteiger partial charge in [-0.2, -0.15) is 0 Å². The summed E-state index contributed by atoms with van der Waals surface area (Å²) in [4.78, 5) is 19.3. The van der Waals surface area contributed by atoms with Gasteiger partial charge in [-0.15, -0.1) is 0 Å². The monoisotopic (exact) mass is 221 g/mol. The summed E-state index contributed by atoms with van der Waals surface area (Å²) in [6, 6.07) is 0.116. The first kappa shape index (κ1) is 10.7. The van der Waals surface area contributed by atoms with E-state index in [1.807, 2.05) is 14.0 Å². The molecule has 1 aliphatic heterocycles. The fourth-order valence-corrected chi connectivity index (χ4v) is 1.75. The van der Waals surface area contributed by atoms with E-state index < -0.39 is 0 Å². The first-order chi connectivity index (χ1) is 7.70. The van der Waals surface area contributed by atoms with Crippen LogP contribution in [-0.4, -0.2) is 35.5 Å². The number of nitrogens with zero attached hydrogens (tertiary/aromatic N) is 2. The predicted octanol–water partition coefficient (Wildman–Crippen LogP) is 0.127. The molecule has 1 aromatic rings. The van der Waals surface area contributed by atoms with Crippen LogP contribution in [0.5, 0.6) is 0 Å². The van der Waals surface area contributed by atoms with E-state index in [2.05, 4.69) is 25.9 Å². The molecule has 0 saturated carbocycles. The van der Waals surface area contributed by atoms with Gasteiger partial charge in [0.05, 0.1) is 6.04 Å². The Morgan fingerprint density at radius 3 is 2.81 bits per heavy atom. The lowest BCUT2D eigenvalue weighted by Crippen LogP contribution is -2.23. The van der Waals surface area contributed by atoms with Crippen molar-refractivity contribution in [3.63, 3.8) is 0 Å². The number of rotatable bonds is 3. The van der Waals surface area contributed by atoms with Gasteiger partial charge in [-0.3, -0.25) is 4.79 Å². The SMILES string of the molecule is CNc1ncnc(NC2CNC(=O)C2)c1C. The molecule has 2 heterocycles. The van der Waals surface area contributed by atoms with E-state index in [9.17, 15) is 4.79 Å². The van der Waals surface area contributed by atoms with Crippen LogP contribution in [0.25, 0.3) is 0 Å². The second-order valence-electron chi connectivity index (χ2n) is 3.80. The molecule has 1 amide bonds. The third kappa shape index (κ3) is 2.05. The maximum absolute atomic E-state index is 11.1. The van der Waals surface area contributed by atoms with Crippen molar-refractivity contribution >= 4 is 17.5 Å². The zero-order valence-corrected chi connectivity index (χ0v) is 9.37. The van der Waals surface area contributed by atoms with Crippen LogP contribution >= 0.6 is 0 Å². The smallest absolute Gasteiger partial charge is 0.222 e. The van der Waals surface area contributed by atoms with Gasteiger partial charge in [-0.05, 0) is 6.92 Å². The molecule has 0 aromatic carbocycles. The Kier molecular flexibility index (Phi) is 2.89. The van der Waals surface area contributed by atoms with E-state index >= 15 is 0 Å². The second-order valence-corrected chi connectivity index (χ2v) is 3.80. The van der Waals surface area contributed by atoms with Gasteiger partial charge in [-0.1, -0.05) is 0 Å². The van der Waals surface area contributed by atoms with Crippen LogP contribution in [0.3, 0.4) is 0 Å². The molecule has 0 aliphatic carbocycles. The van der Waals surface area contributed by atoms with Gasteiger partial charge in [0.25, 0.3) is 0 Å². The van der Waals surface area contributed by atoms with Crippen molar-refractivity contribution in [3.05, 3.63) is 11.9 Å². The van der Waals surface area contributed by atoms with Crippen LogP contribution in [0.15, 0.2) is 6.33 Å². The fourth-order valence-electron chi connectivity index (χ4n) is 1.75. The summed E-state index contributed by atoms with van der Waals surface area (Å²) in [7, 11) is 1.82. The highest BCUT2D eigenvalue weighted by Crippen LogP contribution is 2.19. The predicted molar refractivity (Wildman–Crippen MR) is 61.4 cm³/mol. The lowest BCUT2D eigenvalue weighted by molar-refractivity contribution is -0.119. The Morgan fingerprint density at radius 1 is 1.44 bits per heavy atom. The van der Waals surface area contributed by atoms with Gasteiger partial charge in [0.1, 0.15) is 18.0 Å². The Balaban J connectivity index is 2.12. The number of anilines is 2. The molecular weight excluding hydrogens is 206 g/mol. The van der Waals surface area contributed by atoms with Crippen LogP contribution in [-0.2, 0) is 4.79 Å². The molecule has 6 heteroatoms. The number of carbonyl (C=O) groups is 1. The summed E-state index contributed by atoms with van der Waals surface area (Å²) < 4.78 is 0. The minimum absolute atomic E-state index is 0.0815. The molecule has 0 spiro atoms. The van der Waals surface area contributed by atoms with Gasteiger partial charge >= 0.3 is 0 Å². The Morgan fingerprint density at radius 2 is 2.19 bits per heavy atom. The zero-order valence-electron chi connectivity index (χ0n) is 9.37. The number of nitrogens with one attached hydrogen (secondary N) is 3. The first-order valence-corrected chi connectivity index (χ1v) is 5.23. The first-order valence-electron chi connectivity index (χ1n) is 5.23. The van der Waals surface area contributed by atoms with E-state index in [-0.39, 0.29) is 11.9 Å². The van der Waals surface area contributed by atoms with Crippen molar-refractivity contribution in [2.24, 2.45) is 0 Å². The molecule has 1 fully saturated rings. The summed E-state index contributed by atoms with van der Waals surface area (Å²) in [6.45, 7) is 2.59. The molecule has 86 valence electrons. The van der Waals surface area contributed by atoms with Gasteiger partial charge in [0.2, 0.25) is 5.91 Å². The molecule has 1 unspecified atom stereocenters. The van der Waals surface area contributed by atoms with E-state index in [4.69, 9.17) is 0 Å². The van der Waals surface area contributed by atoms with Crippen molar-refractivity contribution < 1.29 is 4.79 Å². The van der Waals surface area contributed by atoms with Crippen molar-refractivity contribution in [2.75, 3.05) is 24.2 Å². The second kappa shape index (κ2) is 4.34. The number of hydrogen-bond donors (Lipinski definition) is 3. The van der Waals surface area contributed by atoms with Crippen molar-refractivity contribution in [3.8, 4) is 0 Å². The highest BCUT2D eigenvalue weighted by Gasteiger charge is 2.22. The minimum Gasteiger partial charge on any atom is -0.373 e. The highest BCUT2D eigenvalue weighted by molar-refractivity contribution is 5.79. The van der Waals surface area contributed by atoms with Crippen LogP contribution in [0, 0.1) is 6.92 Å². The van der Waals surface area contributed by atoms with Gasteiger partial charge in [0, 0.05) is 25.6 Å². The number of amides is 1. The fraction of sp³-hybridized carbons (Fsp3) is 0.500. The van der Waals surface area contributed by atoms with Crippen LogP contribution in [0.2, 0.25) is 0 Å². The number of carbonyl (C=O) groups excluding carboxylic acids is 1. The summed E-state index contributed by atoms with van der Waals surface area (Å²) in [5, 5.41) is 9.01. The Labute approximate surface area is 93.9 Å². The molecule has 16 heavy (non-hydrogen) atoms. The average Bonchev–Trinajstić information content (AvgIpc) is 2.67. The molecule has 2 rings (SSSR count). The number of hydrogen-bond acceptors (Lipinski definition) is 5. The lowest BCUT2D eigenvalue weighted by atomic mass is 10.2. The third-order valence-corrected chi connectivity index (χ3v) is 2.64. The summed E-state index contributed by atoms with van der Waals surface area (Å²) >= 11 is 0. The van der Waals surface area contributed by atoms with Crippen molar-refractivity contribution in [1.82, 2.24) is 15.3 Å². The maximum atomic E-state index is 11.1. The van der Waals surface area contributed by atoms with Crippen LogP contribution in [0.1, 0.15) is 12.0 Å². The minimum atomic E-state index is 0.0815. The van der Waals surface area contributed by atoms with Gasteiger partial charge < -0.3 is 16.0 Å². The van der Waals surface area contributed by atoms with Crippen molar-refractivity contribution in [1.29, 1.82) is 0 Å². The van der Waals surface area contributed by atoms with Gasteiger partial charge in [0.15, 0.2) is 0 Å². The van der Waals surface area contributed by atoms with E-state index in [0.717, 1.165) is 17.2 Å². The molecule has 1 saturated heterocycles.